The van der Waals surface area contributed by atoms with Gasteiger partial charge in [0.15, 0.2) is 6.10 Å². The highest BCUT2D eigenvalue weighted by molar-refractivity contribution is 6.74. The van der Waals surface area contributed by atoms with Gasteiger partial charge in [-0.2, -0.15) is 0 Å². The zero-order valence-electron chi connectivity index (χ0n) is 18.5. The molecule has 4 nitrogen and oxygen atoms in total. The van der Waals surface area contributed by atoms with Crippen molar-refractivity contribution in [2.45, 2.75) is 77.8 Å². The quantitative estimate of drug-likeness (QED) is 0.412. The highest BCUT2D eigenvalue weighted by Crippen LogP contribution is 2.43. The summed E-state index contributed by atoms with van der Waals surface area (Å²) in [5, 5.41) is 0.0740. The van der Waals surface area contributed by atoms with Crippen molar-refractivity contribution in [1.82, 2.24) is 0 Å². The average Bonchev–Trinajstić information content (AvgIpc) is 2.62. The Morgan fingerprint density at radius 3 is 2.32 bits per heavy atom. The summed E-state index contributed by atoms with van der Waals surface area (Å²) in [6.07, 6.45) is 2.88. The van der Waals surface area contributed by atoms with Gasteiger partial charge < -0.3 is 13.9 Å². The molecule has 1 aliphatic heterocycles. The van der Waals surface area contributed by atoms with Gasteiger partial charge in [-0.15, -0.1) is 0 Å². The fraction of sp³-hybridized carbons (Fsp3) is 0.609. The summed E-state index contributed by atoms with van der Waals surface area (Å²) in [4.78, 5) is 12.7. The van der Waals surface area contributed by atoms with Crippen molar-refractivity contribution < 1.29 is 18.7 Å². The highest BCUT2D eigenvalue weighted by atomic mass is 28.4. The van der Waals surface area contributed by atoms with Gasteiger partial charge in [-0.25, -0.2) is 4.79 Å². The van der Waals surface area contributed by atoms with E-state index < -0.39 is 14.4 Å². The lowest BCUT2D eigenvalue weighted by atomic mass is 9.90. The minimum absolute atomic E-state index is 0.0740. The summed E-state index contributed by atoms with van der Waals surface area (Å²) in [7, 11) is -2.05. The number of ether oxygens (including phenoxy) is 2. The molecule has 3 atom stereocenters. The van der Waals surface area contributed by atoms with Crippen LogP contribution >= 0.6 is 0 Å². The molecule has 0 aromatic heterocycles. The Morgan fingerprint density at radius 2 is 1.79 bits per heavy atom. The molecule has 0 spiro atoms. The maximum Gasteiger partial charge on any atom is 0.336 e. The molecular formula is C23H36O4Si. The molecular weight excluding hydrogens is 368 g/mol. The minimum Gasteiger partial charge on any atom is -0.546 e. The van der Waals surface area contributed by atoms with Crippen molar-refractivity contribution >= 4 is 14.3 Å². The molecule has 0 fully saturated rings. The molecule has 156 valence electrons. The van der Waals surface area contributed by atoms with Crippen LogP contribution in [-0.4, -0.2) is 27.0 Å². The van der Waals surface area contributed by atoms with E-state index in [1.165, 1.54) is 0 Å². The van der Waals surface area contributed by atoms with E-state index in [9.17, 15) is 4.79 Å². The first-order valence-electron chi connectivity index (χ1n) is 10.4. The van der Waals surface area contributed by atoms with Crippen LogP contribution in [-0.2, 0) is 18.7 Å². The number of benzene rings is 1. The molecule has 1 aliphatic rings. The Morgan fingerprint density at radius 1 is 1.14 bits per heavy atom. The van der Waals surface area contributed by atoms with Crippen LogP contribution in [0.5, 0.6) is 0 Å². The standard InChI is InChI=1S/C23H36O4Si/c1-8-13-18-20(27-28(6,7)23(3,4)5)16-19(17-14-11-10-12-15-17)26-21(18)22(24)25-9-2/h10-12,14-16,18-19,21H,8-9,13H2,1-7H3/t18-,19-,21-/m0/s1. The maximum atomic E-state index is 12.7. The Labute approximate surface area is 171 Å². The molecule has 1 aromatic carbocycles. The van der Waals surface area contributed by atoms with E-state index in [0.29, 0.717) is 6.61 Å². The molecule has 1 heterocycles. The Hall–Kier alpha value is -1.59. The first-order chi connectivity index (χ1) is 13.1. The molecule has 0 aliphatic carbocycles. The van der Waals surface area contributed by atoms with Crippen molar-refractivity contribution in [3.8, 4) is 0 Å². The Balaban J connectivity index is 2.47. The van der Waals surface area contributed by atoms with Crippen molar-refractivity contribution in [3.05, 3.63) is 47.7 Å². The maximum absolute atomic E-state index is 12.7. The number of carbonyl (C=O) groups excluding carboxylic acids is 1. The van der Waals surface area contributed by atoms with Crippen molar-refractivity contribution in [2.24, 2.45) is 5.92 Å². The lowest BCUT2D eigenvalue weighted by molar-refractivity contribution is -0.165. The van der Waals surface area contributed by atoms with Crippen LogP contribution in [0.4, 0.5) is 0 Å². The lowest BCUT2D eigenvalue weighted by Crippen LogP contribution is -2.45. The van der Waals surface area contributed by atoms with Crippen LogP contribution in [0.15, 0.2) is 42.2 Å². The van der Waals surface area contributed by atoms with E-state index in [4.69, 9.17) is 13.9 Å². The number of rotatable bonds is 7. The molecule has 1 aromatic rings. The van der Waals surface area contributed by atoms with Crippen LogP contribution in [0.1, 0.15) is 59.1 Å². The molecule has 0 bridgehead atoms. The molecule has 0 saturated carbocycles. The van der Waals surface area contributed by atoms with Gasteiger partial charge in [0.05, 0.1) is 18.3 Å². The monoisotopic (exact) mass is 404 g/mol. The predicted octanol–water partition coefficient (Wildman–Crippen LogP) is 6.01. The second-order valence-electron chi connectivity index (χ2n) is 8.97. The SMILES string of the molecule is CCC[C@H]1C(O[Si](C)(C)C(C)(C)C)=C[C@@H](c2ccccc2)O[C@@H]1C(=O)OCC. The molecule has 0 N–H and O–H groups in total. The van der Waals surface area contributed by atoms with Crippen LogP contribution in [0.2, 0.25) is 18.1 Å². The van der Waals surface area contributed by atoms with E-state index in [1.54, 1.807) is 0 Å². The van der Waals surface area contributed by atoms with Gasteiger partial charge in [-0.05, 0) is 43.1 Å². The highest BCUT2D eigenvalue weighted by Gasteiger charge is 2.45. The van der Waals surface area contributed by atoms with E-state index in [1.807, 2.05) is 37.3 Å². The third-order valence-electron chi connectivity index (χ3n) is 5.77. The minimum atomic E-state index is -2.05. The normalized spacial score (nSPS) is 23.1. The van der Waals surface area contributed by atoms with E-state index in [0.717, 1.165) is 24.2 Å². The Kier molecular flexibility index (Phi) is 7.51. The van der Waals surface area contributed by atoms with Gasteiger partial charge in [-0.1, -0.05) is 64.4 Å². The van der Waals surface area contributed by atoms with Crippen molar-refractivity contribution in [1.29, 1.82) is 0 Å². The van der Waals surface area contributed by atoms with Gasteiger partial charge in [0.2, 0.25) is 8.32 Å². The van der Waals surface area contributed by atoms with Gasteiger partial charge >= 0.3 is 5.97 Å². The summed E-state index contributed by atoms with van der Waals surface area (Å²) in [5.74, 6) is 0.482. The van der Waals surface area contributed by atoms with Gasteiger partial charge in [0.1, 0.15) is 6.10 Å². The summed E-state index contributed by atoms with van der Waals surface area (Å²) >= 11 is 0. The first-order valence-corrected chi connectivity index (χ1v) is 13.3. The Bertz CT molecular complexity index is 676. The third-order valence-corrected chi connectivity index (χ3v) is 10.1. The van der Waals surface area contributed by atoms with Crippen LogP contribution in [0, 0.1) is 5.92 Å². The number of hydrogen-bond acceptors (Lipinski definition) is 4. The summed E-state index contributed by atoms with van der Waals surface area (Å²) in [5.41, 5.74) is 1.02. The topological polar surface area (TPSA) is 44.8 Å². The van der Waals surface area contributed by atoms with E-state index >= 15 is 0 Å². The number of hydrogen-bond donors (Lipinski definition) is 0. The third kappa shape index (κ3) is 5.26. The molecule has 0 amide bonds. The molecule has 28 heavy (non-hydrogen) atoms. The molecule has 0 saturated heterocycles. The fourth-order valence-electron chi connectivity index (χ4n) is 3.14. The molecule has 2 rings (SSSR count). The average molecular weight is 405 g/mol. The number of esters is 1. The predicted molar refractivity (Wildman–Crippen MR) is 115 cm³/mol. The van der Waals surface area contributed by atoms with Gasteiger partial charge in [-0.3, -0.25) is 0 Å². The fourth-order valence-corrected chi connectivity index (χ4v) is 4.25. The van der Waals surface area contributed by atoms with Crippen LogP contribution in [0.25, 0.3) is 0 Å². The summed E-state index contributed by atoms with van der Waals surface area (Å²) in [6.45, 7) is 15.5. The largest absolute Gasteiger partial charge is 0.546 e. The molecule has 0 radical (unpaired) electrons. The van der Waals surface area contributed by atoms with Gasteiger partial charge in [0.25, 0.3) is 0 Å². The van der Waals surface area contributed by atoms with Crippen LogP contribution in [0.3, 0.4) is 0 Å². The van der Waals surface area contributed by atoms with Crippen LogP contribution < -0.4 is 0 Å². The summed E-state index contributed by atoms with van der Waals surface area (Å²) < 4.78 is 18.4. The lowest BCUT2D eigenvalue weighted by Gasteiger charge is -2.42. The molecule has 0 unspecified atom stereocenters. The van der Waals surface area contributed by atoms with E-state index in [2.05, 4.69) is 46.9 Å². The summed E-state index contributed by atoms with van der Waals surface area (Å²) in [6, 6.07) is 9.99. The zero-order valence-corrected chi connectivity index (χ0v) is 19.5. The zero-order chi connectivity index (χ0) is 20.9. The smallest absolute Gasteiger partial charge is 0.336 e. The van der Waals surface area contributed by atoms with Crippen molar-refractivity contribution in [3.63, 3.8) is 0 Å². The number of carbonyl (C=O) groups is 1. The first kappa shape index (κ1) is 22.7. The molecule has 5 heteroatoms. The van der Waals surface area contributed by atoms with E-state index in [-0.39, 0.29) is 23.0 Å². The second kappa shape index (κ2) is 9.27. The second-order valence-corrected chi connectivity index (χ2v) is 13.7. The van der Waals surface area contributed by atoms with Gasteiger partial charge in [0, 0.05) is 0 Å². The van der Waals surface area contributed by atoms with Crippen molar-refractivity contribution in [2.75, 3.05) is 6.61 Å².